The van der Waals surface area contributed by atoms with E-state index < -0.39 is 10.0 Å². The third-order valence-electron chi connectivity index (χ3n) is 3.76. The molecule has 8 heteroatoms. The Balaban J connectivity index is 1.98. The van der Waals surface area contributed by atoms with E-state index in [1.807, 2.05) is 13.2 Å². The number of rotatable bonds is 4. The third kappa shape index (κ3) is 4.04. The third-order valence-corrected chi connectivity index (χ3v) is 5.03. The minimum absolute atomic E-state index is 0.00722. The highest BCUT2D eigenvalue weighted by Crippen LogP contribution is 2.21. The minimum atomic E-state index is -3.22. The molecule has 0 bridgehead atoms. The predicted octanol–water partition coefficient (Wildman–Crippen LogP) is 0.0501. The van der Waals surface area contributed by atoms with E-state index in [1.165, 1.54) is 10.6 Å². The average Bonchev–Trinajstić information content (AvgIpc) is 2.82. The zero-order chi connectivity index (χ0) is 15.6. The lowest BCUT2D eigenvalue weighted by atomic mass is 9.98. The molecule has 0 unspecified atom stereocenters. The number of aryl methyl sites for hydroxylation is 1. The van der Waals surface area contributed by atoms with Crippen LogP contribution >= 0.6 is 0 Å². The van der Waals surface area contributed by atoms with Gasteiger partial charge in [0.05, 0.1) is 18.4 Å². The molecule has 118 valence electrons. The van der Waals surface area contributed by atoms with Gasteiger partial charge in [-0.05, 0) is 12.8 Å². The molecule has 1 saturated heterocycles. The number of nitrogens with zero attached hydrogens (tertiary/aromatic N) is 4. The summed E-state index contributed by atoms with van der Waals surface area (Å²) in [6.07, 6.45) is 6.26. The molecule has 0 spiro atoms. The van der Waals surface area contributed by atoms with E-state index >= 15 is 0 Å². The Kier molecular flexibility index (Phi) is 4.67. The summed E-state index contributed by atoms with van der Waals surface area (Å²) in [6, 6.07) is 0. The maximum atomic E-state index is 12.5. The van der Waals surface area contributed by atoms with Crippen molar-refractivity contribution >= 4 is 15.9 Å². The molecule has 0 saturated carbocycles. The molecule has 2 rings (SSSR count). The van der Waals surface area contributed by atoms with E-state index in [2.05, 4.69) is 5.10 Å². The fourth-order valence-electron chi connectivity index (χ4n) is 2.66. The molecule has 7 nitrogen and oxygen atoms in total. The minimum Gasteiger partial charge on any atom is -0.341 e. The van der Waals surface area contributed by atoms with E-state index in [0.29, 0.717) is 13.1 Å². The molecule has 1 fully saturated rings. The van der Waals surface area contributed by atoms with Crippen molar-refractivity contribution in [1.29, 1.82) is 0 Å². The fraction of sp³-hybridized carbons (Fsp3) is 0.692. The van der Waals surface area contributed by atoms with Crippen molar-refractivity contribution in [2.45, 2.75) is 19.4 Å². The zero-order valence-electron chi connectivity index (χ0n) is 12.7. The second-order valence-corrected chi connectivity index (χ2v) is 7.66. The number of piperidine rings is 1. The summed E-state index contributed by atoms with van der Waals surface area (Å²) in [5.74, 6) is -0.262. The van der Waals surface area contributed by atoms with Gasteiger partial charge in [-0.15, -0.1) is 0 Å². The summed E-state index contributed by atoms with van der Waals surface area (Å²) in [4.78, 5) is 14.1. The smallest absolute Gasteiger partial charge is 0.227 e. The lowest BCUT2D eigenvalue weighted by Gasteiger charge is -2.32. The second-order valence-electron chi connectivity index (χ2n) is 5.68. The molecule has 0 aliphatic carbocycles. The Morgan fingerprint density at radius 2 is 2.24 bits per heavy atom. The first-order chi connectivity index (χ1) is 9.77. The number of amides is 1. The molecule has 21 heavy (non-hydrogen) atoms. The van der Waals surface area contributed by atoms with Gasteiger partial charge in [-0.3, -0.25) is 9.48 Å². The van der Waals surface area contributed by atoms with Crippen molar-refractivity contribution in [2.24, 2.45) is 13.0 Å². The SMILES string of the molecule is CN(Cc1cnn(C)c1)C(=O)[C@@H]1CCCN(S(C)(=O)=O)C1. The van der Waals surface area contributed by atoms with Crippen LogP contribution in [0.5, 0.6) is 0 Å². The van der Waals surface area contributed by atoms with Gasteiger partial charge in [0, 0.05) is 45.5 Å². The van der Waals surface area contributed by atoms with E-state index in [9.17, 15) is 13.2 Å². The molecule has 1 aromatic heterocycles. The van der Waals surface area contributed by atoms with Crippen molar-refractivity contribution in [2.75, 3.05) is 26.4 Å². The topological polar surface area (TPSA) is 75.5 Å². The first-order valence-electron chi connectivity index (χ1n) is 6.95. The van der Waals surface area contributed by atoms with Crippen molar-refractivity contribution in [3.8, 4) is 0 Å². The normalized spacial score (nSPS) is 20.4. The standard InChI is InChI=1S/C13H22N4O3S/c1-15(8-11-7-14-16(2)9-11)13(18)12-5-4-6-17(10-12)21(3,19)20/h7,9,12H,4-6,8,10H2,1-3H3/t12-/m1/s1. The van der Waals surface area contributed by atoms with Gasteiger partial charge in [-0.2, -0.15) is 5.10 Å². The van der Waals surface area contributed by atoms with Crippen LogP contribution in [0, 0.1) is 5.92 Å². The maximum Gasteiger partial charge on any atom is 0.227 e. The quantitative estimate of drug-likeness (QED) is 0.787. The van der Waals surface area contributed by atoms with Crippen LogP contribution in [0.1, 0.15) is 18.4 Å². The zero-order valence-corrected chi connectivity index (χ0v) is 13.5. The van der Waals surface area contributed by atoms with Crippen LogP contribution in [0.3, 0.4) is 0 Å². The van der Waals surface area contributed by atoms with Crippen molar-refractivity contribution in [3.05, 3.63) is 18.0 Å². The van der Waals surface area contributed by atoms with Gasteiger partial charge < -0.3 is 4.90 Å². The molecule has 1 aliphatic heterocycles. The van der Waals surface area contributed by atoms with E-state index in [-0.39, 0.29) is 18.4 Å². The Bertz CT molecular complexity index is 611. The maximum absolute atomic E-state index is 12.5. The summed E-state index contributed by atoms with van der Waals surface area (Å²) in [5.41, 5.74) is 0.962. The van der Waals surface area contributed by atoms with Gasteiger partial charge in [0.25, 0.3) is 0 Å². The number of carbonyl (C=O) groups is 1. The molecule has 0 N–H and O–H groups in total. The first kappa shape index (κ1) is 16.0. The van der Waals surface area contributed by atoms with E-state index in [1.54, 1.807) is 22.8 Å². The van der Waals surface area contributed by atoms with Crippen LogP contribution in [0.25, 0.3) is 0 Å². The van der Waals surface area contributed by atoms with Gasteiger partial charge in [-0.25, -0.2) is 12.7 Å². The summed E-state index contributed by atoms with van der Waals surface area (Å²) in [6.45, 7) is 1.28. The van der Waals surface area contributed by atoms with Crippen LogP contribution in [0.15, 0.2) is 12.4 Å². The van der Waals surface area contributed by atoms with Crippen LogP contribution in [-0.4, -0.2) is 59.7 Å². The van der Waals surface area contributed by atoms with Crippen LogP contribution in [-0.2, 0) is 28.4 Å². The monoisotopic (exact) mass is 314 g/mol. The predicted molar refractivity (Wildman–Crippen MR) is 78.8 cm³/mol. The van der Waals surface area contributed by atoms with Gasteiger partial charge in [0.15, 0.2) is 0 Å². The molecule has 1 aliphatic rings. The van der Waals surface area contributed by atoms with Gasteiger partial charge >= 0.3 is 0 Å². The highest BCUT2D eigenvalue weighted by atomic mass is 32.2. The lowest BCUT2D eigenvalue weighted by molar-refractivity contribution is -0.135. The first-order valence-corrected chi connectivity index (χ1v) is 8.80. The fourth-order valence-corrected chi connectivity index (χ4v) is 3.57. The van der Waals surface area contributed by atoms with Crippen LogP contribution in [0.4, 0.5) is 0 Å². The summed E-state index contributed by atoms with van der Waals surface area (Å²) < 4.78 is 26.3. The van der Waals surface area contributed by atoms with Crippen molar-refractivity contribution < 1.29 is 13.2 Å². The number of hydrogen-bond donors (Lipinski definition) is 0. The summed E-state index contributed by atoms with van der Waals surface area (Å²) >= 11 is 0. The van der Waals surface area contributed by atoms with Gasteiger partial charge in [0.1, 0.15) is 0 Å². The van der Waals surface area contributed by atoms with E-state index in [4.69, 9.17) is 0 Å². The Hall–Kier alpha value is -1.41. The number of aromatic nitrogens is 2. The molecule has 1 atom stereocenters. The molecule has 1 aromatic rings. The number of carbonyl (C=O) groups excluding carboxylic acids is 1. The largest absolute Gasteiger partial charge is 0.341 e. The van der Waals surface area contributed by atoms with Crippen LogP contribution in [0.2, 0.25) is 0 Å². The highest BCUT2D eigenvalue weighted by Gasteiger charge is 2.31. The summed E-state index contributed by atoms with van der Waals surface area (Å²) in [7, 11) is 0.350. The van der Waals surface area contributed by atoms with Crippen LogP contribution < -0.4 is 0 Å². The average molecular weight is 314 g/mol. The van der Waals surface area contributed by atoms with Gasteiger partial charge in [0.2, 0.25) is 15.9 Å². The molecule has 0 radical (unpaired) electrons. The summed E-state index contributed by atoms with van der Waals surface area (Å²) in [5, 5.41) is 4.08. The van der Waals surface area contributed by atoms with Crippen molar-refractivity contribution in [3.63, 3.8) is 0 Å². The number of hydrogen-bond acceptors (Lipinski definition) is 4. The lowest BCUT2D eigenvalue weighted by Crippen LogP contribution is -2.45. The highest BCUT2D eigenvalue weighted by molar-refractivity contribution is 7.88. The molecule has 2 heterocycles. The Labute approximate surface area is 125 Å². The van der Waals surface area contributed by atoms with Crippen molar-refractivity contribution in [1.82, 2.24) is 19.0 Å². The molecule has 1 amide bonds. The second kappa shape index (κ2) is 6.15. The Morgan fingerprint density at radius 1 is 1.52 bits per heavy atom. The molecular formula is C13H22N4O3S. The van der Waals surface area contributed by atoms with Gasteiger partial charge in [-0.1, -0.05) is 0 Å². The Morgan fingerprint density at radius 3 is 2.81 bits per heavy atom. The molecule has 0 aromatic carbocycles. The number of sulfonamides is 1. The van der Waals surface area contributed by atoms with E-state index in [0.717, 1.165) is 18.4 Å². The molecular weight excluding hydrogens is 292 g/mol.